The molecule has 0 saturated carbocycles. The first-order chi connectivity index (χ1) is 10.2. The van der Waals surface area contributed by atoms with E-state index < -0.39 is 0 Å². The van der Waals surface area contributed by atoms with Gasteiger partial charge in [-0.1, -0.05) is 24.3 Å². The summed E-state index contributed by atoms with van der Waals surface area (Å²) in [5.41, 5.74) is 4.37. The summed E-state index contributed by atoms with van der Waals surface area (Å²) >= 11 is 0. The zero-order valence-corrected chi connectivity index (χ0v) is 11.9. The molecule has 0 unspecified atom stereocenters. The maximum absolute atomic E-state index is 11.1. The van der Waals surface area contributed by atoms with E-state index in [1.54, 1.807) is 12.1 Å². The Kier molecular flexibility index (Phi) is 3.48. The van der Waals surface area contributed by atoms with E-state index >= 15 is 0 Å². The van der Waals surface area contributed by atoms with Gasteiger partial charge in [-0.15, -0.1) is 0 Å². The molecule has 0 fully saturated rings. The van der Waals surface area contributed by atoms with Gasteiger partial charge in [-0.05, 0) is 24.1 Å². The van der Waals surface area contributed by atoms with Crippen molar-refractivity contribution in [1.29, 1.82) is 0 Å². The molecule has 0 amide bonds. The fourth-order valence-electron chi connectivity index (χ4n) is 2.71. The van der Waals surface area contributed by atoms with Crippen LogP contribution in [0, 0.1) is 10.1 Å². The maximum atomic E-state index is 11.1. The van der Waals surface area contributed by atoms with Gasteiger partial charge in [0.15, 0.2) is 0 Å². The summed E-state index contributed by atoms with van der Waals surface area (Å²) in [4.78, 5) is 12.9. The fourth-order valence-corrected chi connectivity index (χ4v) is 2.71. The number of hydrogen-bond donors (Lipinski definition) is 1. The lowest BCUT2D eigenvalue weighted by Crippen LogP contribution is -2.15. The molecule has 1 aliphatic rings. The van der Waals surface area contributed by atoms with Crippen LogP contribution in [-0.4, -0.2) is 11.5 Å². The monoisotopic (exact) mass is 283 g/mol. The lowest BCUT2D eigenvalue weighted by molar-refractivity contribution is -0.384. The first-order valence-electron chi connectivity index (χ1n) is 7.02. The van der Waals surface area contributed by atoms with Crippen molar-refractivity contribution in [3.05, 3.63) is 63.7 Å². The highest BCUT2D eigenvalue weighted by Crippen LogP contribution is 2.32. The van der Waals surface area contributed by atoms with Crippen LogP contribution in [0.5, 0.6) is 0 Å². The molecule has 0 spiro atoms. The first-order valence-corrected chi connectivity index (χ1v) is 7.02. The second kappa shape index (κ2) is 5.44. The molecule has 3 rings (SSSR count). The van der Waals surface area contributed by atoms with E-state index in [9.17, 15) is 10.1 Å². The van der Waals surface area contributed by atoms with Crippen LogP contribution in [0.3, 0.4) is 0 Å². The largest absolute Gasteiger partial charge is 0.385 e. The lowest BCUT2D eigenvalue weighted by Gasteiger charge is -2.18. The van der Waals surface area contributed by atoms with Crippen molar-refractivity contribution in [1.82, 2.24) is 0 Å². The minimum absolute atomic E-state index is 0.124. The molecule has 0 bridgehead atoms. The lowest BCUT2D eigenvalue weighted by atomic mass is 10.1. The normalized spacial score (nSPS) is 13.1. The average Bonchev–Trinajstić information content (AvgIpc) is 2.91. The van der Waals surface area contributed by atoms with Gasteiger partial charge in [0.1, 0.15) is 0 Å². The smallest absolute Gasteiger partial charge is 0.273 e. The van der Waals surface area contributed by atoms with Crippen LogP contribution < -0.4 is 10.2 Å². The molecule has 108 valence electrons. The summed E-state index contributed by atoms with van der Waals surface area (Å²) in [7, 11) is 0. The Labute approximate surface area is 123 Å². The van der Waals surface area contributed by atoms with Gasteiger partial charge in [-0.3, -0.25) is 10.1 Å². The Hall–Kier alpha value is -2.56. The van der Waals surface area contributed by atoms with Crippen LogP contribution in [-0.2, 0) is 13.1 Å². The summed E-state index contributed by atoms with van der Waals surface area (Å²) in [6, 6.07) is 13.5. The van der Waals surface area contributed by atoms with Crippen molar-refractivity contribution in [2.45, 2.75) is 20.0 Å². The van der Waals surface area contributed by atoms with Gasteiger partial charge < -0.3 is 10.2 Å². The molecule has 0 radical (unpaired) electrons. The van der Waals surface area contributed by atoms with Crippen molar-refractivity contribution in [2.75, 3.05) is 16.8 Å². The van der Waals surface area contributed by atoms with Crippen molar-refractivity contribution < 1.29 is 4.92 Å². The van der Waals surface area contributed by atoms with E-state index in [-0.39, 0.29) is 10.6 Å². The molecule has 0 aliphatic carbocycles. The summed E-state index contributed by atoms with van der Waals surface area (Å²) in [5, 5.41) is 14.3. The van der Waals surface area contributed by atoms with Gasteiger partial charge in [-0.2, -0.15) is 0 Å². The molecule has 0 atom stereocenters. The van der Waals surface area contributed by atoms with Crippen molar-refractivity contribution in [3.8, 4) is 0 Å². The predicted octanol–water partition coefficient (Wildman–Crippen LogP) is 3.55. The molecule has 1 heterocycles. The number of non-ortho nitro benzene ring substituents is 1. The van der Waals surface area contributed by atoms with Crippen LogP contribution >= 0.6 is 0 Å². The van der Waals surface area contributed by atoms with E-state index in [0.717, 1.165) is 31.0 Å². The third-order valence-corrected chi connectivity index (χ3v) is 3.70. The zero-order chi connectivity index (χ0) is 14.8. The minimum atomic E-state index is -0.340. The first kappa shape index (κ1) is 13.4. The fraction of sp³-hybridized carbons (Fsp3) is 0.250. The van der Waals surface area contributed by atoms with E-state index in [4.69, 9.17) is 0 Å². The Morgan fingerprint density at radius 2 is 1.86 bits per heavy atom. The third-order valence-electron chi connectivity index (χ3n) is 3.70. The minimum Gasteiger partial charge on any atom is -0.385 e. The van der Waals surface area contributed by atoms with Gasteiger partial charge in [0.2, 0.25) is 0 Å². The number of hydrogen-bond acceptors (Lipinski definition) is 4. The predicted molar refractivity (Wildman–Crippen MR) is 83.6 cm³/mol. The number of nitro benzene ring substituents is 1. The molecular formula is C16H17N3O2. The van der Waals surface area contributed by atoms with E-state index in [1.807, 2.05) is 25.1 Å². The highest BCUT2D eigenvalue weighted by molar-refractivity contribution is 5.65. The molecular weight excluding hydrogens is 266 g/mol. The van der Waals surface area contributed by atoms with Gasteiger partial charge in [0, 0.05) is 43.1 Å². The van der Waals surface area contributed by atoms with Gasteiger partial charge in [-0.25, -0.2) is 0 Å². The summed E-state index contributed by atoms with van der Waals surface area (Å²) in [6.45, 7) is 4.30. The Morgan fingerprint density at radius 1 is 1.19 bits per heavy atom. The van der Waals surface area contributed by atoms with Crippen molar-refractivity contribution in [2.24, 2.45) is 0 Å². The Morgan fingerprint density at radius 3 is 2.43 bits per heavy atom. The van der Waals surface area contributed by atoms with Crippen molar-refractivity contribution >= 4 is 17.1 Å². The second-order valence-corrected chi connectivity index (χ2v) is 5.15. The molecule has 0 aromatic heterocycles. The third kappa shape index (κ3) is 2.67. The SMILES string of the molecule is CCNc1cc(N2Cc3ccccc3C2)cc([N+](=O)[O-])c1. The molecule has 1 aliphatic heterocycles. The van der Waals surface area contributed by atoms with E-state index in [2.05, 4.69) is 22.3 Å². The van der Waals surface area contributed by atoms with Crippen LogP contribution in [0.25, 0.3) is 0 Å². The van der Waals surface area contributed by atoms with Crippen molar-refractivity contribution in [3.63, 3.8) is 0 Å². The summed E-state index contributed by atoms with van der Waals surface area (Å²) < 4.78 is 0. The molecule has 1 N–H and O–H groups in total. The molecule has 2 aromatic rings. The number of nitrogens with zero attached hydrogens (tertiary/aromatic N) is 2. The molecule has 0 saturated heterocycles. The standard InChI is InChI=1S/C16H17N3O2/c1-2-17-14-7-15(9-16(8-14)19(20)21)18-10-12-5-3-4-6-13(12)11-18/h3-9,17H,2,10-11H2,1H3. The second-order valence-electron chi connectivity index (χ2n) is 5.15. The highest BCUT2D eigenvalue weighted by atomic mass is 16.6. The van der Waals surface area contributed by atoms with Gasteiger partial charge in [0.05, 0.1) is 4.92 Å². The quantitative estimate of drug-likeness (QED) is 0.688. The molecule has 21 heavy (non-hydrogen) atoms. The number of benzene rings is 2. The Balaban J connectivity index is 1.94. The van der Waals surface area contributed by atoms with Crippen LogP contribution in [0.2, 0.25) is 0 Å². The molecule has 5 heteroatoms. The van der Waals surface area contributed by atoms with E-state index in [0.29, 0.717) is 0 Å². The van der Waals surface area contributed by atoms with Crippen LogP contribution in [0.15, 0.2) is 42.5 Å². The summed E-state index contributed by atoms with van der Waals surface area (Å²) in [6.07, 6.45) is 0. The topological polar surface area (TPSA) is 58.4 Å². The highest BCUT2D eigenvalue weighted by Gasteiger charge is 2.21. The van der Waals surface area contributed by atoms with Crippen LogP contribution in [0.4, 0.5) is 17.1 Å². The van der Waals surface area contributed by atoms with E-state index in [1.165, 1.54) is 11.1 Å². The zero-order valence-electron chi connectivity index (χ0n) is 11.9. The van der Waals surface area contributed by atoms with Gasteiger partial charge >= 0.3 is 0 Å². The summed E-state index contributed by atoms with van der Waals surface area (Å²) in [5.74, 6) is 0. The molecule has 5 nitrogen and oxygen atoms in total. The number of fused-ring (bicyclic) bond motifs is 1. The van der Waals surface area contributed by atoms with Crippen LogP contribution in [0.1, 0.15) is 18.1 Å². The average molecular weight is 283 g/mol. The maximum Gasteiger partial charge on any atom is 0.273 e. The number of anilines is 2. The number of nitrogens with one attached hydrogen (secondary N) is 1. The number of nitro groups is 1. The Bertz CT molecular complexity index is 660. The van der Waals surface area contributed by atoms with Gasteiger partial charge in [0.25, 0.3) is 5.69 Å². The molecule has 2 aromatic carbocycles. The number of rotatable bonds is 4.